The van der Waals surface area contributed by atoms with Crippen LogP contribution in [0.1, 0.15) is 25.3 Å². The first-order valence-corrected chi connectivity index (χ1v) is 7.11. The van der Waals surface area contributed by atoms with E-state index in [4.69, 9.17) is 9.47 Å². The smallest absolute Gasteiger partial charge is 0.170 e. The van der Waals surface area contributed by atoms with Gasteiger partial charge in [-0.25, -0.2) is 4.98 Å². The molecule has 0 saturated carbocycles. The summed E-state index contributed by atoms with van der Waals surface area (Å²) in [7, 11) is 0. The van der Waals surface area contributed by atoms with E-state index in [0.29, 0.717) is 24.7 Å². The van der Waals surface area contributed by atoms with E-state index in [1.807, 2.05) is 13.0 Å². The zero-order valence-corrected chi connectivity index (χ0v) is 11.7. The summed E-state index contributed by atoms with van der Waals surface area (Å²) >= 11 is 0. The molecule has 0 radical (unpaired) electrons. The monoisotopic (exact) mass is 273 g/mol. The summed E-state index contributed by atoms with van der Waals surface area (Å²) in [5, 5.41) is 9.21. The predicted octanol–water partition coefficient (Wildman–Crippen LogP) is 1.93. The maximum atomic E-state index is 9.21. The van der Waals surface area contributed by atoms with Gasteiger partial charge >= 0.3 is 0 Å². The number of nitrogens with zero attached hydrogens (tertiary/aromatic N) is 3. The van der Waals surface area contributed by atoms with Crippen LogP contribution in [0.2, 0.25) is 0 Å². The van der Waals surface area contributed by atoms with Gasteiger partial charge in [-0.05, 0) is 31.9 Å². The van der Waals surface area contributed by atoms with Gasteiger partial charge in [0.1, 0.15) is 11.9 Å². The lowest BCUT2D eigenvalue weighted by molar-refractivity contribution is -0.182. The molecule has 5 nitrogen and oxygen atoms in total. The minimum absolute atomic E-state index is 0.312. The second-order valence-corrected chi connectivity index (χ2v) is 5.48. The minimum atomic E-state index is -0.486. The molecule has 20 heavy (non-hydrogen) atoms. The van der Waals surface area contributed by atoms with Crippen molar-refractivity contribution in [2.24, 2.45) is 5.92 Å². The van der Waals surface area contributed by atoms with Crippen LogP contribution in [0.15, 0.2) is 18.3 Å². The molecule has 0 aliphatic carbocycles. The lowest BCUT2D eigenvalue weighted by atomic mass is 9.90. The standard InChI is InChI=1S/C15H19N3O2/c1-15(19-8-9-20-15)13-5-3-7-18(11-13)14-12(10-16)4-2-6-17-14/h2,4,6,13H,3,5,7-9,11H2,1H3/t13-/m0/s1. The average molecular weight is 273 g/mol. The van der Waals surface area contributed by atoms with Gasteiger partial charge in [-0.3, -0.25) is 0 Å². The fourth-order valence-electron chi connectivity index (χ4n) is 3.10. The molecule has 2 aliphatic heterocycles. The summed E-state index contributed by atoms with van der Waals surface area (Å²) in [6, 6.07) is 5.84. The second-order valence-electron chi connectivity index (χ2n) is 5.48. The molecule has 0 bridgehead atoms. The summed E-state index contributed by atoms with van der Waals surface area (Å²) in [5.41, 5.74) is 0.631. The second kappa shape index (κ2) is 5.39. The van der Waals surface area contributed by atoms with E-state index < -0.39 is 5.79 Å². The molecule has 3 heterocycles. The van der Waals surface area contributed by atoms with Gasteiger partial charge in [-0.2, -0.15) is 5.26 Å². The Hall–Kier alpha value is -1.64. The molecule has 0 amide bonds. The molecule has 0 N–H and O–H groups in total. The Balaban J connectivity index is 1.80. The van der Waals surface area contributed by atoms with Gasteiger partial charge in [0, 0.05) is 25.2 Å². The Kier molecular flexibility index (Phi) is 3.60. The van der Waals surface area contributed by atoms with E-state index >= 15 is 0 Å². The van der Waals surface area contributed by atoms with Crippen molar-refractivity contribution in [2.75, 3.05) is 31.2 Å². The largest absolute Gasteiger partial charge is 0.355 e. The Morgan fingerprint density at radius 1 is 1.45 bits per heavy atom. The number of rotatable bonds is 2. The number of aromatic nitrogens is 1. The number of anilines is 1. The first-order valence-electron chi connectivity index (χ1n) is 7.11. The van der Waals surface area contributed by atoms with E-state index in [-0.39, 0.29) is 0 Å². The van der Waals surface area contributed by atoms with Crippen LogP contribution in [0, 0.1) is 17.2 Å². The summed E-state index contributed by atoms with van der Waals surface area (Å²) in [6.07, 6.45) is 3.89. The van der Waals surface area contributed by atoms with Crippen molar-refractivity contribution < 1.29 is 9.47 Å². The van der Waals surface area contributed by atoms with E-state index in [0.717, 1.165) is 31.7 Å². The highest BCUT2D eigenvalue weighted by Crippen LogP contribution is 2.35. The van der Waals surface area contributed by atoms with Crippen LogP contribution in [-0.4, -0.2) is 37.1 Å². The highest BCUT2D eigenvalue weighted by molar-refractivity contribution is 5.53. The Bertz CT molecular complexity index is 520. The maximum Gasteiger partial charge on any atom is 0.170 e. The molecule has 0 spiro atoms. The van der Waals surface area contributed by atoms with Gasteiger partial charge in [0.2, 0.25) is 0 Å². The van der Waals surface area contributed by atoms with Crippen LogP contribution in [-0.2, 0) is 9.47 Å². The molecule has 2 saturated heterocycles. The number of hydrogen-bond donors (Lipinski definition) is 0. The molecule has 1 atom stereocenters. The Morgan fingerprint density at radius 2 is 2.25 bits per heavy atom. The van der Waals surface area contributed by atoms with E-state index in [1.54, 1.807) is 12.3 Å². The zero-order chi connectivity index (χ0) is 14.0. The number of ether oxygens (including phenoxy) is 2. The molecule has 2 aliphatic rings. The highest BCUT2D eigenvalue weighted by atomic mass is 16.7. The van der Waals surface area contributed by atoms with Crippen LogP contribution in [0.3, 0.4) is 0 Å². The zero-order valence-electron chi connectivity index (χ0n) is 11.7. The predicted molar refractivity (Wildman–Crippen MR) is 74.2 cm³/mol. The average Bonchev–Trinajstić information content (AvgIpc) is 2.95. The van der Waals surface area contributed by atoms with Crippen LogP contribution in [0.5, 0.6) is 0 Å². The quantitative estimate of drug-likeness (QED) is 0.824. The molecule has 0 aromatic carbocycles. The molecule has 1 aromatic heterocycles. The van der Waals surface area contributed by atoms with Gasteiger partial charge in [0.25, 0.3) is 0 Å². The van der Waals surface area contributed by atoms with Gasteiger partial charge in [0.15, 0.2) is 5.79 Å². The maximum absolute atomic E-state index is 9.21. The third-order valence-corrected chi connectivity index (χ3v) is 4.23. The van der Waals surface area contributed by atoms with Crippen molar-refractivity contribution in [3.05, 3.63) is 23.9 Å². The van der Waals surface area contributed by atoms with Crippen molar-refractivity contribution in [2.45, 2.75) is 25.6 Å². The molecule has 106 valence electrons. The normalized spacial score (nSPS) is 25.4. The van der Waals surface area contributed by atoms with Crippen molar-refractivity contribution in [1.29, 1.82) is 5.26 Å². The van der Waals surface area contributed by atoms with E-state index in [9.17, 15) is 5.26 Å². The topological polar surface area (TPSA) is 58.4 Å². The molecular weight excluding hydrogens is 254 g/mol. The summed E-state index contributed by atoms with van der Waals surface area (Å²) in [6.45, 7) is 5.11. The van der Waals surface area contributed by atoms with Crippen LogP contribution in [0.4, 0.5) is 5.82 Å². The number of nitriles is 1. The number of hydrogen-bond acceptors (Lipinski definition) is 5. The summed E-state index contributed by atoms with van der Waals surface area (Å²) in [5.74, 6) is 0.605. The summed E-state index contributed by atoms with van der Waals surface area (Å²) < 4.78 is 11.6. The van der Waals surface area contributed by atoms with Crippen molar-refractivity contribution in [3.63, 3.8) is 0 Å². The lowest BCUT2D eigenvalue weighted by Gasteiger charge is -2.40. The van der Waals surface area contributed by atoms with Crippen LogP contribution >= 0.6 is 0 Å². The van der Waals surface area contributed by atoms with Crippen molar-refractivity contribution in [3.8, 4) is 6.07 Å². The van der Waals surface area contributed by atoms with E-state index in [2.05, 4.69) is 16.0 Å². The molecule has 2 fully saturated rings. The highest BCUT2D eigenvalue weighted by Gasteiger charge is 2.42. The molecule has 5 heteroatoms. The third-order valence-electron chi connectivity index (χ3n) is 4.23. The molecular formula is C15H19N3O2. The summed E-state index contributed by atoms with van der Waals surface area (Å²) in [4.78, 5) is 6.56. The first kappa shape index (κ1) is 13.3. The minimum Gasteiger partial charge on any atom is -0.355 e. The van der Waals surface area contributed by atoms with Gasteiger partial charge < -0.3 is 14.4 Å². The third kappa shape index (κ3) is 2.37. The first-order chi connectivity index (χ1) is 9.73. The van der Waals surface area contributed by atoms with Gasteiger partial charge in [0.05, 0.1) is 18.8 Å². The van der Waals surface area contributed by atoms with Gasteiger partial charge in [-0.1, -0.05) is 0 Å². The molecule has 1 aromatic rings. The van der Waals surface area contributed by atoms with Crippen molar-refractivity contribution in [1.82, 2.24) is 4.98 Å². The van der Waals surface area contributed by atoms with Crippen LogP contribution < -0.4 is 4.90 Å². The van der Waals surface area contributed by atoms with Gasteiger partial charge in [-0.15, -0.1) is 0 Å². The Morgan fingerprint density at radius 3 is 3.00 bits per heavy atom. The van der Waals surface area contributed by atoms with Crippen molar-refractivity contribution >= 4 is 5.82 Å². The number of pyridine rings is 1. The SMILES string of the molecule is CC1([C@H]2CCCN(c3ncccc3C#N)C2)OCCO1. The van der Waals surface area contributed by atoms with Crippen LogP contribution in [0.25, 0.3) is 0 Å². The molecule has 3 rings (SSSR count). The molecule has 0 unspecified atom stereocenters. The number of piperidine rings is 1. The lowest BCUT2D eigenvalue weighted by Crippen LogP contribution is -2.47. The Labute approximate surface area is 119 Å². The van der Waals surface area contributed by atoms with E-state index in [1.165, 1.54) is 0 Å². The fraction of sp³-hybridized carbons (Fsp3) is 0.600. The fourth-order valence-corrected chi connectivity index (χ4v) is 3.10.